The van der Waals surface area contributed by atoms with Crippen LogP contribution in [0.25, 0.3) is 0 Å². The van der Waals surface area contributed by atoms with Crippen LogP contribution in [0.1, 0.15) is 83.4 Å². The molecule has 1 N–H and O–H groups in total. The summed E-state index contributed by atoms with van der Waals surface area (Å²) < 4.78 is 17.2. The SMILES string of the molecule is C.COC(=O)[C@H](NC(=O)c1ccc(Cc2c(C)c(C)c3c(c2C)CCC(C)(C)O3)o1)c1ccccc1. The van der Waals surface area contributed by atoms with Crippen LogP contribution in [-0.2, 0) is 22.4 Å². The number of benzene rings is 2. The fraction of sp³-hybridized carbons (Fsp3) is 0.400. The molecule has 0 aliphatic carbocycles. The number of methoxy groups -OCH3 is 1. The summed E-state index contributed by atoms with van der Waals surface area (Å²) in [5, 5.41) is 2.73. The molecule has 0 saturated carbocycles. The van der Waals surface area contributed by atoms with Crippen LogP contribution in [0.15, 0.2) is 46.9 Å². The van der Waals surface area contributed by atoms with Gasteiger partial charge in [-0.3, -0.25) is 4.79 Å². The van der Waals surface area contributed by atoms with Crippen molar-refractivity contribution in [3.63, 3.8) is 0 Å². The molecule has 1 amide bonds. The van der Waals surface area contributed by atoms with Gasteiger partial charge in [0, 0.05) is 6.42 Å². The fourth-order valence-corrected chi connectivity index (χ4v) is 4.73. The molecule has 3 aromatic rings. The number of ether oxygens (including phenoxy) is 2. The molecule has 2 aromatic carbocycles. The lowest BCUT2D eigenvalue weighted by atomic mass is 9.84. The van der Waals surface area contributed by atoms with Crippen molar-refractivity contribution in [1.82, 2.24) is 5.32 Å². The Bertz CT molecular complexity index is 1260. The third kappa shape index (κ3) is 5.32. The Morgan fingerprint density at radius 1 is 1.03 bits per heavy atom. The van der Waals surface area contributed by atoms with Gasteiger partial charge in [-0.25, -0.2) is 4.79 Å². The third-order valence-corrected chi connectivity index (χ3v) is 6.97. The second-order valence-corrected chi connectivity index (χ2v) is 9.81. The number of amides is 1. The van der Waals surface area contributed by atoms with Gasteiger partial charge in [0.2, 0.25) is 0 Å². The Kier molecular flexibility index (Phi) is 7.97. The van der Waals surface area contributed by atoms with Crippen LogP contribution < -0.4 is 10.1 Å². The summed E-state index contributed by atoms with van der Waals surface area (Å²) in [5.74, 6) is 0.833. The summed E-state index contributed by atoms with van der Waals surface area (Å²) in [6.07, 6.45) is 2.51. The van der Waals surface area contributed by atoms with Crippen molar-refractivity contribution in [3.05, 3.63) is 87.4 Å². The van der Waals surface area contributed by atoms with Crippen molar-refractivity contribution >= 4 is 11.9 Å². The summed E-state index contributed by atoms with van der Waals surface area (Å²) in [4.78, 5) is 25.2. The summed E-state index contributed by atoms with van der Waals surface area (Å²) in [6.45, 7) is 10.6. The minimum absolute atomic E-state index is 0. The summed E-state index contributed by atoms with van der Waals surface area (Å²) in [5.41, 5.74) is 6.48. The highest BCUT2D eigenvalue weighted by atomic mass is 16.5. The maximum Gasteiger partial charge on any atom is 0.333 e. The molecule has 0 unspecified atom stereocenters. The summed E-state index contributed by atoms with van der Waals surface area (Å²) in [7, 11) is 1.30. The van der Waals surface area contributed by atoms with Crippen LogP contribution in [0.4, 0.5) is 0 Å². The zero-order valence-corrected chi connectivity index (χ0v) is 21.3. The van der Waals surface area contributed by atoms with E-state index in [-0.39, 0.29) is 18.8 Å². The monoisotopic (exact) mass is 491 g/mol. The lowest BCUT2D eigenvalue weighted by Gasteiger charge is -2.35. The first-order valence-corrected chi connectivity index (χ1v) is 11.9. The van der Waals surface area contributed by atoms with E-state index in [2.05, 4.69) is 39.9 Å². The maximum absolute atomic E-state index is 12.9. The van der Waals surface area contributed by atoms with Gasteiger partial charge in [-0.1, -0.05) is 37.8 Å². The molecule has 1 aromatic heterocycles. The molecule has 1 aliphatic rings. The predicted octanol–water partition coefficient (Wildman–Crippen LogP) is 6.18. The van der Waals surface area contributed by atoms with Gasteiger partial charge < -0.3 is 19.2 Å². The molecule has 192 valence electrons. The number of fused-ring (bicyclic) bond motifs is 1. The van der Waals surface area contributed by atoms with Gasteiger partial charge in [-0.15, -0.1) is 0 Å². The number of hydrogen-bond donors (Lipinski definition) is 1. The van der Waals surface area contributed by atoms with E-state index in [4.69, 9.17) is 13.9 Å². The standard InChI is InChI=1S/C29H33NO5.CH4/c1-17-18(2)26-22(14-15-29(4,5)35-26)19(3)23(17)16-21-12-13-24(34-21)27(31)30-25(28(32)33-6)20-10-8-7-9-11-20;/h7-13,25H,14-16H2,1-6H3,(H,30,31);1H4/t25-;/m1./s1. The largest absolute Gasteiger partial charge is 0.487 e. The van der Waals surface area contributed by atoms with Crippen LogP contribution in [0.2, 0.25) is 0 Å². The molecule has 1 atom stereocenters. The number of hydrogen-bond acceptors (Lipinski definition) is 5. The Morgan fingerprint density at radius 2 is 1.72 bits per heavy atom. The number of nitrogens with one attached hydrogen (secondary N) is 1. The van der Waals surface area contributed by atoms with Gasteiger partial charge in [-0.05, 0) is 93.0 Å². The number of furan rings is 1. The number of rotatable bonds is 6. The minimum atomic E-state index is -0.917. The Labute approximate surface area is 214 Å². The fourth-order valence-electron chi connectivity index (χ4n) is 4.73. The molecular formula is C30H37NO5. The molecule has 6 nitrogen and oxygen atoms in total. The Balaban J connectivity index is 0.00000361. The zero-order chi connectivity index (χ0) is 25.3. The minimum Gasteiger partial charge on any atom is -0.487 e. The molecule has 36 heavy (non-hydrogen) atoms. The highest BCUT2D eigenvalue weighted by molar-refractivity contribution is 5.94. The van der Waals surface area contributed by atoms with Gasteiger partial charge in [0.05, 0.1) is 7.11 Å². The molecular weight excluding hydrogens is 454 g/mol. The van der Waals surface area contributed by atoms with Gasteiger partial charge >= 0.3 is 5.97 Å². The van der Waals surface area contributed by atoms with Crippen molar-refractivity contribution < 1.29 is 23.5 Å². The van der Waals surface area contributed by atoms with E-state index >= 15 is 0 Å². The van der Waals surface area contributed by atoms with Crippen LogP contribution in [0, 0.1) is 20.8 Å². The lowest BCUT2D eigenvalue weighted by Crippen LogP contribution is -2.34. The van der Waals surface area contributed by atoms with Gasteiger partial charge in [0.25, 0.3) is 5.91 Å². The van der Waals surface area contributed by atoms with Crippen LogP contribution in [-0.4, -0.2) is 24.6 Å². The van der Waals surface area contributed by atoms with E-state index in [0.717, 1.165) is 24.2 Å². The second kappa shape index (κ2) is 10.6. The molecule has 1 aliphatic heterocycles. The number of carbonyl (C=O) groups excluding carboxylic acids is 2. The van der Waals surface area contributed by atoms with Crippen molar-refractivity contribution in [2.24, 2.45) is 0 Å². The zero-order valence-electron chi connectivity index (χ0n) is 21.3. The van der Waals surface area contributed by atoms with Gasteiger partial charge in [0.1, 0.15) is 17.1 Å². The van der Waals surface area contributed by atoms with E-state index in [9.17, 15) is 9.59 Å². The molecule has 0 fully saturated rings. The van der Waals surface area contributed by atoms with Crippen LogP contribution >= 0.6 is 0 Å². The molecule has 0 saturated heterocycles. The molecule has 2 heterocycles. The molecule has 6 heteroatoms. The van der Waals surface area contributed by atoms with E-state index in [0.29, 0.717) is 17.7 Å². The van der Waals surface area contributed by atoms with Crippen LogP contribution in [0.5, 0.6) is 5.75 Å². The average Bonchev–Trinajstić information content (AvgIpc) is 3.32. The highest BCUT2D eigenvalue weighted by Crippen LogP contribution is 2.41. The van der Waals surface area contributed by atoms with Crippen molar-refractivity contribution in [3.8, 4) is 5.75 Å². The highest BCUT2D eigenvalue weighted by Gasteiger charge is 2.31. The van der Waals surface area contributed by atoms with E-state index in [1.54, 1.807) is 30.3 Å². The maximum atomic E-state index is 12.9. The molecule has 4 rings (SSSR count). The molecule has 0 spiro atoms. The number of carbonyl (C=O) groups is 2. The van der Waals surface area contributed by atoms with E-state index < -0.39 is 17.9 Å². The first kappa shape index (κ1) is 27.1. The topological polar surface area (TPSA) is 77.8 Å². The average molecular weight is 492 g/mol. The second-order valence-electron chi connectivity index (χ2n) is 9.81. The van der Waals surface area contributed by atoms with Crippen molar-refractivity contribution in [2.45, 2.75) is 73.0 Å². The lowest BCUT2D eigenvalue weighted by molar-refractivity contribution is -0.143. The van der Waals surface area contributed by atoms with Crippen molar-refractivity contribution in [1.29, 1.82) is 0 Å². The van der Waals surface area contributed by atoms with Gasteiger partial charge in [-0.2, -0.15) is 0 Å². The first-order valence-electron chi connectivity index (χ1n) is 11.9. The van der Waals surface area contributed by atoms with Crippen molar-refractivity contribution in [2.75, 3.05) is 7.11 Å². The smallest absolute Gasteiger partial charge is 0.333 e. The summed E-state index contributed by atoms with van der Waals surface area (Å²) >= 11 is 0. The Morgan fingerprint density at radius 3 is 2.39 bits per heavy atom. The summed E-state index contributed by atoms with van der Waals surface area (Å²) in [6, 6.07) is 11.5. The van der Waals surface area contributed by atoms with Gasteiger partial charge in [0.15, 0.2) is 11.8 Å². The van der Waals surface area contributed by atoms with Crippen LogP contribution in [0.3, 0.4) is 0 Å². The molecule has 0 radical (unpaired) electrons. The predicted molar refractivity (Wildman–Crippen MR) is 141 cm³/mol. The number of esters is 1. The normalized spacial score (nSPS) is 14.6. The van der Waals surface area contributed by atoms with E-state index in [1.807, 2.05) is 12.1 Å². The van der Waals surface area contributed by atoms with E-state index in [1.165, 1.54) is 29.4 Å². The third-order valence-electron chi connectivity index (χ3n) is 6.97. The quantitative estimate of drug-likeness (QED) is 0.417. The Hall–Kier alpha value is -3.54. The molecule has 0 bridgehead atoms. The first-order chi connectivity index (χ1) is 16.6.